The minimum atomic E-state index is -0.661. The Bertz CT molecular complexity index is 363. The Morgan fingerprint density at radius 3 is 2.73 bits per heavy atom. The average molecular weight is 247 g/mol. The van der Waals surface area contributed by atoms with Crippen molar-refractivity contribution < 1.29 is 9.18 Å². The first kappa shape index (κ1) is 12.5. The van der Waals surface area contributed by atoms with Crippen LogP contribution in [0.1, 0.15) is 22.8 Å². The summed E-state index contributed by atoms with van der Waals surface area (Å²) in [6, 6.07) is 6.70. The molecule has 1 atom stereocenters. The van der Waals surface area contributed by atoms with E-state index in [1.54, 1.807) is 31.2 Å². The van der Waals surface area contributed by atoms with Crippen LogP contribution in [0, 0.1) is 0 Å². The molecule has 1 aromatic carbocycles. The summed E-state index contributed by atoms with van der Waals surface area (Å²) >= 11 is 9.48. The predicted octanol–water partition coefficient (Wildman–Crippen LogP) is 3.22. The number of rotatable bonds is 4. The lowest BCUT2D eigenvalue weighted by molar-refractivity contribution is 0.108. The van der Waals surface area contributed by atoms with E-state index in [1.165, 1.54) is 0 Å². The molecular formula is C11H12ClFOS. The van der Waals surface area contributed by atoms with Gasteiger partial charge in [0.2, 0.25) is 0 Å². The number of halogens is 2. The van der Waals surface area contributed by atoms with Crippen molar-refractivity contribution in [2.75, 3.05) is 12.4 Å². The maximum atomic E-state index is 12.9. The van der Waals surface area contributed by atoms with Gasteiger partial charge in [0.05, 0.1) is 6.67 Å². The molecule has 0 N–H and O–H groups in total. The van der Waals surface area contributed by atoms with Crippen molar-refractivity contribution in [3.8, 4) is 0 Å². The number of alkyl halides is 1. The fourth-order valence-corrected chi connectivity index (χ4v) is 1.61. The summed E-state index contributed by atoms with van der Waals surface area (Å²) in [4.78, 5) is 11.0. The molecule has 0 amide bonds. The van der Waals surface area contributed by atoms with Gasteiger partial charge in [0.15, 0.2) is 0 Å². The molecule has 1 aromatic rings. The second-order valence-corrected chi connectivity index (χ2v) is 4.37. The SMILES string of the molecule is CC(CF)(CS)c1cccc(C(=O)Cl)c1. The van der Waals surface area contributed by atoms with Gasteiger partial charge in [-0.2, -0.15) is 12.6 Å². The molecular weight excluding hydrogens is 235 g/mol. The van der Waals surface area contributed by atoms with E-state index in [0.29, 0.717) is 11.3 Å². The van der Waals surface area contributed by atoms with Crippen LogP contribution in [-0.4, -0.2) is 17.7 Å². The Labute approximate surface area is 99.0 Å². The van der Waals surface area contributed by atoms with Crippen LogP contribution in [0.4, 0.5) is 4.39 Å². The predicted molar refractivity (Wildman–Crippen MR) is 63.8 cm³/mol. The number of thiol groups is 1. The van der Waals surface area contributed by atoms with Crippen molar-refractivity contribution >= 4 is 29.5 Å². The van der Waals surface area contributed by atoms with Crippen LogP contribution in [0.25, 0.3) is 0 Å². The molecule has 0 saturated carbocycles. The number of hydrogen-bond acceptors (Lipinski definition) is 2. The second-order valence-electron chi connectivity index (χ2n) is 3.71. The van der Waals surface area contributed by atoms with E-state index in [-0.39, 0.29) is 0 Å². The van der Waals surface area contributed by atoms with Crippen molar-refractivity contribution in [2.45, 2.75) is 12.3 Å². The van der Waals surface area contributed by atoms with Crippen molar-refractivity contribution in [3.63, 3.8) is 0 Å². The van der Waals surface area contributed by atoms with E-state index in [9.17, 15) is 9.18 Å². The van der Waals surface area contributed by atoms with Crippen molar-refractivity contribution in [1.82, 2.24) is 0 Å². The third-order valence-electron chi connectivity index (χ3n) is 2.43. The number of carbonyl (C=O) groups is 1. The molecule has 1 unspecified atom stereocenters. The Balaban J connectivity index is 3.14. The van der Waals surface area contributed by atoms with Crippen LogP contribution >= 0.6 is 24.2 Å². The molecule has 0 heterocycles. The van der Waals surface area contributed by atoms with Gasteiger partial charge in [-0.1, -0.05) is 25.1 Å². The zero-order valence-corrected chi connectivity index (χ0v) is 9.99. The number of benzene rings is 1. The highest BCUT2D eigenvalue weighted by atomic mass is 35.5. The van der Waals surface area contributed by atoms with Gasteiger partial charge < -0.3 is 0 Å². The number of hydrogen-bond donors (Lipinski definition) is 1. The van der Waals surface area contributed by atoms with Crippen molar-refractivity contribution in [3.05, 3.63) is 35.4 Å². The lowest BCUT2D eigenvalue weighted by Crippen LogP contribution is -2.26. The Kier molecular flexibility index (Phi) is 4.17. The Hall–Kier alpha value is -0.540. The van der Waals surface area contributed by atoms with Crippen LogP contribution in [0.2, 0.25) is 0 Å². The van der Waals surface area contributed by atoms with E-state index < -0.39 is 17.3 Å². The molecule has 0 aromatic heterocycles. The summed E-state index contributed by atoms with van der Waals surface area (Å²) < 4.78 is 12.9. The van der Waals surface area contributed by atoms with Gasteiger partial charge in [0, 0.05) is 16.7 Å². The van der Waals surface area contributed by atoms with Gasteiger partial charge in [-0.25, -0.2) is 0 Å². The second kappa shape index (κ2) is 4.99. The van der Waals surface area contributed by atoms with Gasteiger partial charge in [-0.05, 0) is 23.2 Å². The summed E-state index contributed by atoms with van der Waals surface area (Å²) in [6.07, 6.45) is 0. The van der Waals surface area contributed by atoms with Gasteiger partial charge in [-0.15, -0.1) is 0 Å². The van der Waals surface area contributed by atoms with Gasteiger partial charge in [0.25, 0.3) is 5.24 Å². The van der Waals surface area contributed by atoms with Crippen LogP contribution < -0.4 is 0 Å². The van der Waals surface area contributed by atoms with Crippen molar-refractivity contribution in [1.29, 1.82) is 0 Å². The summed E-state index contributed by atoms with van der Waals surface area (Å²) in [7, 11) is 0. The summed E-state index contributed by atoms with van der Waals surface area (Å²) in [5, 5.41) is -0.530. The zero-order chi connectivity index (χ0) is 11.5. The minimum Gasteiger partial charge on any atom is -0.276 e. The summed E-state index contributed by atoms with van der Waals surface area (Å²) in [5.74, 6) is 0.378. The molecule has 0 bridgehead atoms. The molecule has 15 heavy (non-hydrogen) atoms. The topological polar surface area (TPSA) is 17.1 Å². The first-order chi connectivity index (χ1) is 7.03. The average Bonchev–Trinajstić information content (AvgIpc) is 2.28. The maximum absolute atomic E-state index is 12.9. The molecule has 0 aliphatic carbocycles. The summed E-state index contributed by atoms with van der Waals surface area (Å²) in [6.45, 7) is 1.24. The number of carbonyl (C=O) groups excluding carboxylic acids is 1. The molecule has 0 saturated heterocycles. The first-order valence-electron chi connectivity index (χ1n) is 4.51. The first-order valence-corrected chi connectivity index (χ1v) is 5.52. The van der Waals surface area contributed by atoms with Crippen LogP contribution in [-0.2, 0) is 5.41 Å². The van der Waals surface area contributed by atoms with Gasteiger partial charge in [-0.3, -0.25) is 9.18 Å². The van der Waals surface area contributed by atoms with Gasteiger partial charge in [0.1, 0.15) is 0 Å². The lowest BCUT2D eigenvalue weighted by Gasteiger charge is -2.24. The van der Waals surface area contributed by atoms with Crippen LogP contribution in [0.3, 0.4) is 0 Å². The molecule has 0 aliphatic rings. The molecule has 0 spiro atoms. The van der Waals surface area contributed by atoms with E-state index in [2.05, 4.69) is 12.6 Å². The smallest absolute Gasteiger partial charge is 0.252 e. The molecule has 0 fully saturated rings. The summed E-state index contributed by atoms with van der Waals surface area (Å²) in [5.41, 5.74) is 0.466. The normalized spacial score (nSPS) is 14.7. The maximum Gasteiger partial charge on any atom is 0.252 e. The van der Waals surface area contributed by atoms with Gasteiger partial charge >= 0.3 is 0 Å². The Morgan fingerprint density at radius 1 is 1.60 bits per heavy atom. The molecule has 4 heteroatoms. The van der Waals surface area contributed by atoms with E-state index in [4.69, 9.17) is 11.6 Å². The van der Waals surface area contributed by atoms with E-state index >= 15 is 0 Å². The van der Waals surface area contributed by atoms with Crippen LogP contribution in [0.15, 0.2) is 24.3 Å². The standard InChI is InChI=1S/C11H12ClFOS/c1-11(6-13,7-15)9-4-2-3-8(5-9)10(12)14/h2-5,15H,6-7H2,1H3. The van der Waals surface area contributed by atoms with Crippen LogP contribution in [0.5, 0.6) is 0 Å². The van der Waals surface area contributed by atoms with E-state index in [0.717, 1.165) is 5.56 Å². The minimum absolute atomic E-state index is 0.378. The Morgan fingerprint density at radius 2 is 2.27 bits per heavy atom. The molecule has 0 radical (unpaired) electrons. The zero-order valence-electron chi connectivity index (χ0n) is 8.34. The fourth-order valence-electron chi connectivity index (χ4n) is 1.23. The third kappa shape index (κ3) is 2.73. The molecule has 0 aliphatic heterocycles. The third-order valence-corrected chi connectivity index (χ3v) is 3.35. The molecule has 1 rings (SSSR count). The quantitative estimate of drug-likeness (QED) is 0.638. The largest absolute Gasteiger partial charge is 0.276 e. The lowest BCUT2D eigenvalue weighted by atomic mass is 9.85. The van der Waals surface area contributed by atoms with Crippen molar-refractivity contribution in [2.24, 2.45) is 0 Å². The fraction of sp³-hybridized carbons (Fsp3) is 0.364. The molecule has 82 valence electrons. The highest BCUT2D eigenvalue weighted by molar-refractivity contribution is 7.80. The van der Waals surface area contributed by atoms with E-state index in [1.807, 2.05) is 0 Å². The molecule has 1 nitrogen and oxygen atoms in total. The monoisotopic (exact) mass is 246 g/mol. The highest BCUT2D eigenvalue weighted by Crippen LogP contribution is 2.26. The highest BCUT2D eigenvalue weighted by Gasteiger charge is 2.25.